The quantitative estimate of drug-likeness (QED) is 0.554. The van der Waals surface area contributed by atoms with Gasteiger partial charge in [0.1, 0.15) is 4.21 Å². The normalized spacial score (nSPS) is 15.0. The maximum Gasteiger partial charge on any atom is 0.340 e. The van der Waals surface area contributed by atoms with E-state index in [0.29, 0.717) is 19.5 Å². The molecule has 0 aromatic carbocycles. The lowest BCUT2D eigenvalue weighted by Crippen LogP contribution is -2.31. The molecule has 0 atom stereocenters. The number of thiophene rings is 1. The average molecular weight is 469 g/mol. The minimum Gasteiger partial charge on any atom is -0.465 e. The first-order valence-corrected chi connectivity index (χ1v) is 12.8. The van der Waals surface area contributed by atoms with E-state index in [1.807, 2.05) is 25.5 Å². The van der Waals surface area contributed by atoms with Gasteiger partial charge in [-0.2, -0.15) is 9.40 Å². The van der Waals surface area contributed by atoms with Gasteiger partial charge in [0.15, 0.2) is 0 Å². The summed E-state index contributed by atoms with van der Waals surface area (Å²) in [6.07, 6.45) is 2.68. The van der Waals surface area contributed by atoms with Gasteiger partial charge in [0.25, 0.3) is 10.0 Å². The molecule has 0 unspecified atom stereocenters. The molecule has 10 heteroatoms. The second kappa shape index (κ2) is 9.40. The zero-order valence-electron chi connectivity index (χ0n) is 19.1. The second-order valence-corrected chi connectivity index (χ2v) is 11.7. The van der Waals surface area contributed by atoms with Crippen LogP contribution in [-0.4, -0.2) is 60.6 Å². The molecule has 2 aromatic heterocycles. The summed E-state index contributed by atoms with van der Waals surface area (Å²) in [5.41, 5.74) is 3.20. The van der Waals surface area contributed by atoms with Gasteiger partial charge in [-0.3, -0.25) is 9.58 Å². The highest BCUT2D eigenvalue weighted by atomic mass is 32.2. The number of hydrogen-bond donors (Lipinski definition) is 0. The maximum absolute atomic E-state index is 13.3. The highest BCUT2D eigenvalue weighted by Gasteiger charge is 2.36. The first-order valence-electron chi connectivity index (χ1n) is 10.5. The maximum atomic E-state index is 13.3. The number of nitrogens with zero attached hydrogens (tertiary/aromatic N) is 4. The topological polar surface area (TPSA) is 84.7 Å². The molecule has 0 bridgehead atoms. The number of hydrogen-bond acceptors (Lipinski definition) is 7. The van der Waals surface area contributed by atoms with Crippen molar-refractivity contribution < 1.29 is 17.9 Å². The summed E-state index contributed by atoms with van der Waals surface area (Å²) in [7, 11) is -0.917. The Morgan fingerprint density at radius 1 is 1.39 bits per heavy atom. The van der Waals surface area contributed by atoms with Crippen molar-refractivity contribution in [2.24, 2.45) is 5.92 Å². The van der Waals surface area contributed by atoms with E-state index in [0.717, 1.165) is 35.8 Å². The van der Waals surface area contributed by atoms with Crippen molar-refractivity contribution in [1.82, 2.24) is 19.0 Å². The Morgan fingerprint density at radius 2 is 2.10 bits per heavy atom. The summed E-state index contributed by atoms with van der Waals surface area (Å²) in [5.74, 6) is -0.402. The van der Waals surface area contributed by atoms with E-state index >= 15 is 0 Å². The summed E-state index contributed by atoms with van der Waals surface area (Å²) in [4.78, 5) is 15.8. The first kappa shape index (κ1) is 23.9. The van der Waals surface area contributed by atoms with Gasteiger partial charge in [-0.15, -0.1) is 11.3 Å². The lowest BCUT2D eigenvalue weighted by molar-refractivity contribution is 0.0595. The number of aryl methyl sites for hydroxylation is 2. The Hall–Kier alpha value is -1.75. The minimum absolute atomic E-state index is 0.101. The summed E-state index contributed by atoms with van der Waals surface area (Å²) in [5, 5.41) is 4.51. The molecule has 0 fully saturated rings. The van der Waals surface area contributed by atoms with Crippen LogP contribution in [0.5, 0.6) is 0 Å². The molecule has 0 saturated heterocycles. The molecule has 31 heavy (non-hydrogen) atoms. The third-order valence-electron chi connectivity index (χ3n) is 5.53. The van der Waals surface area contributed by atoms with Gasteiger partial charge in [0.2, 0.25) is 0 Å². The van der Waals surface area contributed by atoms with Crippen LogP contribution < -0.4 is 0 Å². The van der Waals surface area contributed by atoms with E-state index in [9.17, 15) is 13.2 Å². The van der Waals surface area contributed by atoms with Crippen molar-refractivity contribution in [3.05, 3.63) is 33.5 Å². The number of esters is 1. The Balaban J connectivity index is 1.93. The van der Waals surface area contributed by atoms with E-state index < -0.39 is 16.0 Å². The van der Waals surface area contributed by atoms with Crippen molar-refractivity contribution in [2.45, 2.75) is 58.0 Å². The molecule has 0 saturated carbocycles. The molecule has 3 heterocycles. The summed E-state index contributed by atoms with van der Waals surface area (Å²) in [6.45, 7) is 11.3. The predicted molar refractivity (Wildman–Crippen MR) is 121 cm³/mol. The van der Waals surface area contributed by atoms with Crippen molar-refractivity contribution in [1.29, 1.82) is 0 Å². The van der Waals surface area contributed by atoms with Crippen molar-refractivity contribution in [3.63, 3.8) is 0 Å². The largest absolute Gasteiger partial charge is 0.465 e. The molecule has 0 aliphatic carbocycles. The number of ether oxygens (including phenoxy) is 1. The molecule has 0 amide bonds. The van der Waals surface area contributed by atoms with Gasteiger partial charge in [-0.25, -0.2) is 13.2 Å². The highest BCUT2D eigenvalue weighted by molar-refractivity contribution is 7.91. The Morgan fingerprint density at radius 3 is 2.68 bits per heavy atom. The fourth-order valence-corrected chi connectivity index (χ4v) is 7.38. The molecule has 0 spiro atoms. The molecule has 1 aliphatic rings. The number of carbonyl (C=O) groups excluding carboxylic acids is 1. The van der Waals surface area contributed by atoms with Crippen LogP contribution in [0.1, 0.15) is 52.8 Å². The van der Waals surface area contributed by atoms with Crippen LogP contribution in [0.4, 0.5) is 0 Å². The summed E-state index contributed by atoms with van der Waals surface area (Å²) < 4.78 is 34.9. The average Bonchev–Trinajstić information content (AvgIpc) is 3.27. The van der Waals surface area contributed by atoms with E-state index in [-0.39, 0.29) is 15.7 Å². The second-order valence-electron chi connectivity index (χ2n) is 8.39. The fraction of sp³-hybridized carbons (Fsp3) is 0.619. The number of carbonyl (C=O) groups is 1. The lowest BCUT2D eigenvalue weighted by Gasteiger charge is -2.26. The minimum atomic E-state index is -3.78. The van der Waals surface area contributed by atoms with Crippen LogP contribution in [0.3, 0.4) is 0 Å². The van der Waals surface area contributed by atoms with Crippen LogP contribution in [0.2, 0.25) is 0 Å². The monoisotopic (exact) mass is 468 g/mol. The number of sulfonamides is 1. The van der Waals surface area contributed by atoms with E-state index in [1.54, 1.807) is 7.05 Å². The third-order valence-corrected chi connectivity index (χ3v) is 9.06. The Bertz CT molecular complexity index is 1060. The van der Waals surface area contributed by atoms with Gasteiger partial charge in [-0.05, 0) is 31.7 Å². The molecular formula is C21H32N4O4S2. The molecule has 0 N–H and O–H groups in total. The number of fused-ring (bicyclic) bond motifs is 1. The zero-order chi connectivity index (χ0) is 22.9. The Kier molecular flexibility index (Phi) is 7.25. The SMILES string of the molecule is CCn1cc(CN2CCc3c(sc(S(=O)(=O)N(C)CC(C)C)c3C(=O)OC)C2)c(C)n1. The Labute approximate surface area is 188 Å². The standard InChI is InChI=1S/C21H32N4O4S2/c1-7-25-12-16(15(4)22-25)11-24-9-8-17-18(13-24)30-21(19(17)20(26)29-6)31(27,28)23(5)10-14(2)3/h12,14H,7-11,13H2,1-6H3. The number of rotatable bonds is 8. The number of aromatic nitrogens is 2. The highest BCUT2D eigenvalue weighted by Crippen LogP contribution is 2.38. The van der Waals surface area contributed by atoms with E-state index in [2.05, 4.69) is 23.1 Å². The summed E-state index contributed by atoms with van der Waals surface area (Å²) >= 11 is 1.20. The van der Waals surface area contributed by atoms with Crippen LogP contribution in [0.25, 0.3) is 0 Å². The smallest absolute Gasteiger partial charge is 0.340 e. The van der Waals surface area contributed by atoms with Crippen LogP contribution in [-0.2, 0) is 40.8 Å². The van der Waals surface area contributed by atoms with Gasteiger partial charge < -0.3 is 4.74 Å². The van der Waals surface area contributed by atoms with E-state index in [1.165, 1.54) is 28.3 Å². The molecule has 2 aromatic rings. The molecule has 172 valence electrons. The van der Waals surface area contributed by atoms with Gasteiger partial charge in [0.05, 0.1) is 18.4 Å². The predicted octanol–water partition coefficient (Wildman–Crippen LogP) is 2.89. The van der Waals surface area contributed by atoms with Crippen molar-refractivity contribution in [3.8, 4) is 0 Å². The first-order chi connectivity index (χ1) is 14.6. The summed E-state index contributed by atoms with van der Waals surface area (Å²) in [6, 6.07) is 0. The van der Waals surface area contributed by atoms with Crippen LogP contribution in [0.15, 0.2) is 10.4 Å². The molecule has 8 nitrogen and oxygen atoms in total. The van der Waals surface area contributed by atoms with E-state index in [4.69, 9.17) is 4.74 Å². The van der Waals surface area contributed by atoms with Crippen molar-refractivity contribution in [2.75, 3.05) is 27.2 Å². The van der Waals surface area contributed by atoms with Crippen LogP contribution in [0, 0.1) is 12.8 Å². The molecule has 3 rings (SSSR count). The molecule has 0 radical (unpaired) electrons. The molecular weight excluding hydrogens is 436 g/mol. The van der Waals surface area contributed by atoms with Gasteiger partial charge >= 0.3 is 5.97 Å². The third kappa shape index (κ3) is 4.87. The molecule has 1 aliphatic heterocycles. The lowest BCUT2D eigenvalue weighted by atomic mass is 10.0. The van der Waals surface area contributed by atoms with Gasteiger partial charge in [-0.1, -0.05) is 13.8 Å². The van der Waals surface area contributed by atoms with Crippen LogP contribution >= 0.6 is 11.3 Å². The van der Waals surface area contributed by atoms with Crippen molar-refractivity contribution >= 4 is 27.3 Å². The van der Waals surface area contributed by atoms with Gasteiger partial charge in [0, 0.05) is 56.4 Å². The fourth-order valence-electron chi connectivity index (χ4n) is 3.93. The number of methoxy groups -OCH3 is 1. The zero-order valence-corrected chi connectivity index (χ0v) is 20.8.